The first kappa shape index (κ1) is 28.5. The van der Waals surface area contributed by atoms with E-state index < -0.39 is 41.0 Å². The van der Waals surface area contributed by atoms with Gasteiger partial charge in [-0.05, 0) is 57.2 Å². The van der Waals surface area contributed by atoms with Gasteiger partial charge in [-0.3, -0.25) is 14.4 Å². The number of hydrogen-bond acceptors (Lipinski definition) is 6. The van der Waals surface area contributed by atoms with Crippen LogP contribution in [-0.4, -0.2) is 77.3 Å². The van der Waals surface area contributed by atoms with Gasteiger partial charge in [-0.25, -0.2) is 0 Å². The molecule has 1 spiro atoms. The highest BCUT2D eigenvalue weighted by atomic mass is 35.5. The highest BCUT2D eigenvalue weighted by Gasteiger charge is 2.75. The third kappa shape index (κ3) is 4.17. The van der Waals surface area contributed by atoms with Gasteiger partial charge in [0.2, 0.25) is 11.8 Å². The maximum absolute atomic E-state index is 14.5. The van der Waals surface area contributed by atoms with E-state index in [1.54, 1.807) is 49.1 Å². The second kappa shape index (κ2) is 10.6. The molecule has 42 heavy (non-hydrogen) atoms. The van der Waals surface area contributed by atoms with Crippen molar-refractivity contribution in [3.63, 3.8) is 0 Å². The predicted octanol–water partition coefficient (Wildman–Crippen LogP) is 3.60. The lowest BCUT2D eigenvalue weighted by atomic mass is 9.74. The minimum absolute atomic E-state index is 0.204. The maximum Gasteiger partial charge on any atom is 0.253 e. The first-order chi connectivity index (χ1) is 20.2. The van der Waals surface area contributed by atoms with Crippen LogP contribution in [0.2, 0.25) is 5.02 Å². The summed E-state index contributed by atoms with van der Waals surface area (Å²) in [6, 6.07) is 12.5. The normalized spacial score (nSPS) is 31.0. The van der Waals surface area contributed by atoms with Crippen LogP contribution in [0.1, 0.15) is 20.8 Å². The second-order valence-corrected chi connectivity index (χ2v) is 11.8. The molecule has 0 saturated carbocycles. The van der Waals surface area contributed by atoms with E-state index in [-0.39, 0.29) is 25.0 Å². The number of carbonyl (C=O) groups is 3. The van der Waals surface area contributed by atoms with Gasteiger partial charge in [0.05, 0.1) is 47.4 Å². The fourth-order valence-electron chi connectivity index (χ4n) is 7.03. The summed E-state index contributed by atoms with van der Waals surface area (Å²) in [6.45, 7) is 6.07. The van der Waals surface area contributed by atoms with E-state index in [0.717, 1.165) is 0 Å². The summed E-state index contributed by atoms with van der Waals surface area (Å²) < 4.78 is 12.4. The molecular formula is C32H34ClN3O6. The van der Waals surface area contributed by atoms with Gasteiger partial charge < -0.3 is 29.3 Å². The molecule has 2 saturated heterocycles. The number of fused-ring (bicyclic) bond motifs is 2. The Bertz CT molecular complexity index is 1480. The summed E-state index contributed by atoms with van der Waals surface area (Å²) in [7, 11) is 0. The van der Waals surface area contributed by atoms with Crippen LogP contribution in [0.4, 0.5) is 11.4 Å². The monoisotopic (exact) mass is 591 g/mol. The van der Waals surface area contributed by atoms with E-state index in [9.17, 15) is 19.5 Å². The first-order valence-electron chi connectivity index (χ1n) is 14.3. The van der Waals surface area contributed by atoms with Crippen molar-refractivity contribution in [3.05, 3.63) is 77.9 Å². The molecule has 6 atom stereocenters. The van der Waals surface area contributed by atoms with Crippen molar-refractivity contribution >= 4 is 40.7 Å². The Kier molecular flexibility index (Phi) is 7.15. The number of likely N-dealkylation sites (tertiary alicyclic amines) is 1. The number of aliphatic hydroxyl groups is 1. The van der Waals surface area contributed by atoms with Gasteiger partial charge in [0.15, 0.2) is 0 Å². The number of halogens is 1. The Morgan fingerprint density at radius 1 is 0.976 bits per heavy atom. The smallest absolute Gasteiger partial charge is 0.253 e. The molecule has 4 aliphatic heterocycles. The molecule has 0 bridgehead atoms. The van der Waals surface area contributed by atoms with E-state index in [0.29, 0.717) is 35.3 Å². The van der Waals surface area contributed by atoms with E-state index in [4.69, 9.17) is 21.1 Å². The predicted molar refractivity (Wildman–Crippen MR) is 158 cm³/mol. The van der Waals surface area contributed by atoms with Crippen molar-refractivity contribution in [2.45, 2.75) is 44.1 Å². The summed E-state index contributed by atoms with van der Waals surface area (Å²) in [6.07, 6.45) is 7.30. The first-order valence-corrected chi connectivity index (χ1v) is 14.6. The third-order valence-corrected chi connectivity index (χ3v) is 9.16. The molecule has 2 fully saturated rings. The summed E-state index contributed by atoms with van der Waals surface area (Å²) in [5, 5.41) is 10.6. The van der Waals surface area contributed by atoms with Crippen LogP contribution in [0, 0.1) is 11.8 Å². The Balaban J connectivity index is 1.45. The number of hydrogen-bond donors (Lipinski definition) is 1. The van der Waals surface area contributed by atoms with Crippen LogP contribution < -0.4 is 14.5 Å². The van der Waals surface area contributed by atoms with Crippen molar-refractivity contribution in [2.24, 2.45) is 11.8 Å². The van der Waals surface area contributed by atoms with Crippen LogP contribution in [0.15, 0.2) is 72.8 Å². The van der Waals surface area contributed by atoms with Gasteiger partial charge in [-0.1, -0.05) is 48.0 Å². The number of para-hydroxylation sites is 1. The van der Waals surface area contributed by atoms with Crippen LogP contribution in [0.25, 0.3) is 0 Å². The highest BCUT2D eigenvalue weighted by molar-refractivity contribution is 6.34. The average Bonchev–Trinajstić information content (AvgIpc) is 3.25. The molecule has 2 aromatic carbocycles. The molecule has 220 valence electrons. The van der Waals surface area contributed by atoms with Gasteiger partial charge >= 0.3 is 0 Å². The molecule has 0 radical (unpaired) electrons. The van der Waals surface area contributed by atoms with Crippen LogP contribution in [0.5, 0.6) is 5.75 Å². The quantitative estimate of drug-likeness (QED) is 0.516. The number of nitrogens with zero attached hydrogens (tertiary/aromatic N) is 3. The summed E-state index contributed by atoms with van der Waals surface area (Å²) >= 11 is 6.51. The minimum Gasteiger partial charge on any atom is -0.494 e. The molecule has 1 N–H and O–H groups in total. The van der Waals surface area contributed by atoms with Crippen molar-refractivity contribution in [2.75, 3.05) is 36.1 Å². The molecule has 3 amide bonds. The van der Waals surface area contributed by atoms with Crippen LogP contribution in [0.3, 0.4) is 0 Å². The standard InChI is InChI=1S/C32H34ClN3O6/c1-4-41-22-13-11-21(12-14-22)34-17-7-15-31(3)25(28(34)38)26-29(39)36(20(2)19-37)27-30(40)35(18-8-16-32(26,27)42-31)24-10-6-5-9-23(24)33/h5-16,20,25-27,37H,4,17-19H2,1-3H3/t20-,25-,26+,27?,31+,32+/m1/s1. The van der Waals surface area contributed by atoms with Crippen molar-refractivity contribution < 1.29 is 29.0 Å². The summed E-state index contributed by atoms with van der Waals surface area (Å²) in [5.74, 6) is -2.27. The van der Waals surface area contributed by atoms with Crippen LogP contribution >= 0.6 is 11.6 Å². The number of aliphatic hydroxyl groups excluding tert-OH is 1. The second-order valence-electron chi connectivity index (χ2n) is 11.4. The molecule has 2 aromatic rings. The van der Waals surface area contributed by atoms with E-state index >= 15 is 0 Å². The van der Waals surface area contributed by atoms with Gasteiger partial charge in [-0.15, -0.1) is 0 Å². The Morgan fingerprint density at radius 3 is 2.36 bits per heavy atom. The largest absolute Gasteiger partial charge is 0.494 e. The number of carbonyl (C=O) groups excluding carboxylic acids is 3. The SMILES string of the molecule is CCOc1ccc(N2CC=C[C@]3(C)O[C@]45C=CCN(c6ccccc6Cl)C(=O)C4N([C@H](C)CO)C(=O)[C@@H]5[C@@H]3C2=O)cc1. The molecule has 6 rings (SSSR count). The topological polar surface area (TPSA) is 99.6 Å². The van der Waals surface area contributed by atoms with E-state index in [1.165, 1.54) is 9.80 Å². The lowest BCUT2D eigenvalue weighted by Crippen LogP contribution is -2.58. The lowest BCUT2D eigenvalue weighted by Gasteiger charge is -2.39. The highest BCUT2D eigenvalue weighted by Crippen LogP contribution is 2.58. The molecule has 0 aromatic heterocycles. The molecule has 9 nitrogen and oxygen atoms in total. The Morgan fingerprint density at radius 2 is 1.67 bits per heavy atom. The zero-order valence-electron chi connectivity index (χ0n) is 23.8. The fraction of sp³-hybridized carbons (Fsp3) is 0.406. The number of rotatable bonds is 6. The Hall–Kier alpha value is -3.66. The van der Waals surface area contributed by atoms with Gasteiger partial charge in [-0.2, -0.15) is 0 Å². The van der Waals surface area contributed by atoms with Gasteiger partial charge in [0.25, 0.3) is 5.91 Å². The zero-order valence-corrected chi connectivity index (χ0v) is 24.5. The number of benzene rings is 2. The third-order valence-electron chi connectivity index (χ3n) is 8.84. The lowest BCUT2D eigenvalue weighted by molar-refractivity contribution is -0.147. The number of anilines is 2. The van der Waals surface area contributed by atoms with E-state index in [2.05, 4.69) is 0 Å². The number of ether oxygens (including phenoxy) is 2. The molecule has 10 heteroatoms. The molecule has 4 heterocycles. The fourth-order valence-corrected chi connectivity index (χ4v) is 7.27. The molecule has 4 aliphatic rings. The van der Waals surface area contributed by atoms with Crippen molar-refractivity contribution in [3.8, 4) is 5.75 Å². The molecule has 0 aliphatic carbocycles. The van der Waals surface area contributed by atoms with Crippen LogP contribution in [-0.2, 0) is 19.1 Å². The minimum atomic E-state index is -1.44. The Labute approximate surface area is 249 Å². The average molecular weight is 592 g/mol. The summed E-state index contributed by atoms with van der Waals surface area (Å²) in [4.78, 5) is 47.9. The van der Waals surface area contributed by atoms with Crippen molar-refractivity contribution in [1.29, 1.82) is 0 Å². The van der Waals surface area contributed by atoms with E-state index in [1.807, 2.05) is 49.4 Å². The van der Waals surface area contributed by atoms with Gasteiger partial charge in [0.1, 0.15) is 17.4 Å². The zero-order chi connectivity index (χ0) is 29.8. The molecule has 1 unspecified atom stereocenters. The maximum atomic E-state index is 14.5. The van der Waals surface area contributed by atoms with Gasteiger partial charge in [0, 0.05) is 18.8 Å². The number of amides is 3. The van der Waals surface area contributed by atoms with Crippen molar-refractivity contribution in [1.82, 2.24) is 4.90 Å². The molecular weight excluding hydrogens is 558 g/mol. The summed E-state index contributed by atoms with van der Waals surface area (Å²) in [5.41, 5.74) is -1.42.